The van der Waals surface area contributed by atoms with Crippen LogP contribution in [0.1, 0.15) is 22.3 Å². The number of rotatable bonds is 8. The Morgan fingerprint density at radius 3 is 2.52 bits per heavy atom. The second-order valence-corrected chi connectivity index (χ2v) is 7.23. The van der Waals surface area contributed by atoms with Crippen LogP contribution in [0.4, 0.5) is 0 Å². The van der Waals surface area contributed by atoms with Crippen molar-refractivity contribution < 1.29 is 19.4 Å². The second-order valence-electron chi connectivity index (χ2n) is 6.82. The molecule has 160 valence electrons. The molecule has 0 aliphatic heterocycles. The summed E-state index contributed by atoms with van der Waals surface area (Å²) in [6.45, 7) is 0. The number of nitrogens with zero attached hydrogens (tertiary/aromatic N) is 1. The molecule has 0 aliphatic carbocycles. The molecule has 0 aliphatic rings. The number of phenols is 1. The van der Waals surface area contributed by atoms with E-state index in [-0.39, 0.29) is 18.1 Å². The van der Waals surface area contributed by atoms with Crippen molar-refractivity contribution >= 4 is 23.7 Å². The Morgan fingerprint density at radius 2 is 1.77 bits per heavy atom. The average molecular weight is 439 g/mol. The van der Waals surface area contributed by atoms with Crippen LogP contribution >= 0.6 is 11.6 Å². The number of hydrogen-bond acceptors (Lipinski definition) is 5. The number of carbonyl (C=O) groups excluding carboxylic acids is 1. The van der Waals surface area contributed by atoms with Gasteiger partial charge in [-0.3, -0.25) is 4.79 Å². The van der Waals surface area contributed by atoms with Crippen molar-refractivity contribution in [2.24, 2.45) is 5.10 Å². The molecule has 0 saturated heterocycles. The predicted octanol–water partition coefficient (Wildman–Crippen LogP) is 4.35. The van der Waals surface area contributed by atoms with E-state index in [1.807, 2.05) is 36.4 Å². The number of nitrogens with one attached hydrogen (secondary N) is 1. The molecular formula is C24H23ClN2O4. The van der Waals surface area contributed by atoms with Crippen molar-refractivity contribution in [2.45, 2.75) is 12.8 Å². The van der Waals surface area contributed by atoms with Gasteiger partial charge in [-0.25, -0.2) is 5.43 Å². The lowest BCUT2D eigenvalue weighted by molar-refractivity contribution is -0.120. The van der Waals surface area contributed by atoms with Crippen molar-refractivity contribution in [3.63, 3.8) is 0 Å². The SMILES string of the molecule is COc1ccc(CC(=O)N/N=C\c2cc(Cc3ccccc3Cl)ccc2O)cc1OC. The summed E-state index contributed by atoms with van der Waals surface area (Å²) < 4.78 is 10.4. The molecule has 0 fully saturated rings. The summed E-state index contributed by atoms with van der Waals surface area (Å²) in [6, 6.07) is 18.1. The monoisotopic (exact) mass is 438 g/mol. The summed E-state index contributed by atoms with van der Waals surface area (Å²) in [5.74, 6) is 0.921. The van der Waals surface area contributed by atoms with Crippen LogP contribution in [0.5, 0.6) is 17.2 Å². The number of phenolic OH excluding ortho intramolecular Hbond substituents is 1. The number of amides is 1. The van der Waals surface area contributed by atoms with Crippen molar-refractivity contribution in [3.8, 4) is 17.2 Å². The maximum atomic E-state index is 12.2. The predicted molar refractivity (Wildman–Crippen MR) is 121 cm³/mol. The van der Waals surface area contributed by atoms with Gasteiger partial charge in [0.05, 0.1) is 26.9 Å². The largest absolute Gasteiger partial charge is 0.507 e. The van der Waals surface area contributed by atoms with Gasteiger partial charge in [0.1, 0.15) is 5.75 Å². The normalized spacial score (nSPS) is 10.8. The molecule has 0 spiro atoms. The lowest BCUT2D eigenvalue weighted by atomic mass is 10.0. The summed E-state index contributed by atoms with van der Waals surface area (Å²) in [5.41, 5.74) is 5.68. The smallest absolute Gasteiger partial charge is 0.244 e. The third-order valence-electron chi connectivity index (χ3n) is 4.65. The van der Waals surface area contributed by atoms with Gasteiger partial charge in [-0.1, -0.05) is 41.9 Å². The Balaban J connectivity index is 1.64. The van der Waals surface area contributed by atoms with Gasteiger partial charge >= 0.3 is 0 Å². The van der Waals surface area contributed by atoms with E-state index < -0.39 is 0 Å². The quantitative estimate of drug-likeness (QED) is 0.405. The summed E-state index contributed by atoms with van der Waals surface area (Å²) >= 11 is 6.23. The molecule has 6 nitrogen and oxygen atoms in total. The molecule has 1 amide bonds. The fraction of sp³-hybridized carbons (Fsp3) is 0.167. The Kier molecular flexibility index (Phi) is 7.51. The summed E-state index contributed by atoms with van der Waals surface area (Å²) in [7, 11) is 3.09. The maximum Gasteiger partial charge on any atom is 0.244 e. The number of benzene rings is 3. The van der Waals surface area contributed by atoms with Crippen LogP contribution in [0.25, 0.3) is 0 Å². The highest BCUT2D eigenvalue weighted by Gasteiger charge is 2.08. The van der Waals surface area contributed by atoms with Crippen molar-refractivity contribution in [3.05, 3.63) is 87.9 Å². The van der Waals surface area contributed by atoms with E-state index in [0.29, 0.717) is 28.5 Å². The van der Waals surface area contributed by atoms with Crippen LogP contribution in [-0.4, -0.2) is 31.4 Å². The second kappa shape index (κ2) is 10.5. The molecule has 3 aromatic carbocycles. The minimum Gasteiger partial charge on any atom is -0.507 e. The fourth-order valence-corrected chi connectivity index (χ4v) is 3.27. The Morgan fingerprint density at radius 1 is 1.03 bits per heavy atom. The van der Waals surface area contributed by atoms with Crippen molar-refractivity contribution in [2.75, 3.05) is 14.2 Å². The highest BCUT2D eigenvalue weighted by Crippen LogP contribution is 2.27. The lowest BCUT2D eigenvalue weighted by Gasteiger charge is -2.09. The zero-order valence-corrected chi connectivity index (χ0v) is 18.0. The zero-order valence-electron chi connectivity index (χ0n) is 17.3. The number of methoxy groups -OCH3 is 2. The van der Waals surface area contributed by atoms with Gasteiger partial charge in [-0.2, -0.15) is 5.10 Å². The Bertz CT molecular complexity index is 1100. The van der Waals surface area contributed by atoms with E-state index in [1.54, 1.807) is 38.5 Å². The minimum atomic E-state index is -0.296. The number of hydrazone groups is 1. The molecule has 3 rings (SSSR count). The molecule has 0 bridgehead atoms. The van der Waals surface area contributed by atoms with Gasteiger partial charge in [0.15, 0.2) is 11.5 Å². The summed E-state index contributed by atoms with van der Waals surface area (Å²) in [5, 5.41) is 14.8. The fourth-order valence-electron chi connectivity index (χ4n) is 3.07. The van der Waals surface area contributed by atoms with Crippen LogP contribution in [0.3, 0.4) is 0 Å². The number of carbonyl (C=O) groups is 1. The van der Waals surface area contributed by atoms with Crippen LogP contribution < -0.4 is 14.9 Å². The van der Waals surface area contributed by atoms with E-state index in [4.69, 9.17) is 21.1 Å². The van der Waals surface area contributed by atoms with Gasteiger partial charge in [0, 0.05) is 10.6 Å². The molecule has 2 N–H and O–H groups in total. The molecule has 3 aromatic rings. The van der Waals surface area contributed by atoms with E-state index in [2.05, 4.69) is 10.5 Å². The highest BCUT2D eigenvalue weighted by atomic mass is 35.5. The molecule has 0 heterocycles. The van der Waals surface area contributed by atoms with Crippen LogP contribution in [0.2, 0.25) is 5.02 Å². The average Bonchev–Trinajstić information content (AvgIpc) is 2.77. The molecule has 7 heteroatoms. The van der Waals surface area contributed by atoms with Gasteiger partial charge < -0.3 is 14.6 Å². The molecule has 0 aromatic heterocycles. The molecule has 0 radical (unpaired) electrons. The van der Waals surface area contributed by atoms with Crippen molar-refractivity contribution in [1.82, 2.24) is 5.43 Å². The van der Waals surface area contributed by atoms with Crippen LogP contribution in [-0.2, 0) is 17.6 Å². The summed E-state index contributed by atoms with van der Waals surface area (Å²) in [4.78, 5) is 12.2. The number of hydrogen-bond donors (Lipinski definition) is 2. The number of aromatic hydroxyl groups is 1. The van der Waals surface area contributed by atoms with Gasteiger partial charge in [0.25, 0.3) is 0 Å². The first-order valence-corrected chi connectivity index (χ1v) is 9.96. The first-order chi connectivity index (χ1) is 15.0. The molecule has 0 atom stereocenters. The molecule has 0 unspecified atom stereocenters. The third kappa shape index (κ3) is 5.99. The maximum absolute atomic E-state index is 12.2. The Hall–Kier alpha value is -3.51. The first kappa shape index (κ1) is 22.2. The van der Waals surface area contributed by atoms with E-state index >= 15 is 0 Å². The Labute approximate surface area is 186 Å². The third-order valence-corrected chi connectivity index (χ3v) is 5.02. The van der Waals surface area contributed by atoms with Crippen molar-refractivity contribution in [1.29, 1.82) is 0 Å². The minimum absolute atomic E-state index is 0.0702. The van der Waals surface area contributed by atoms with Crippen LogP contribution in [0.15, 0.2) is 65.8 Å². The van der Waals surface area contributed by atoms with E-state index in [0.717, 1.165) is 16.7 Å². The lowest BCUT2D eigenvalue weighted by Crippen LogP contribution is -2.19. The van der Waals surface area contributed by atoms with Gasteiger partial charge in [-0.05, 0) is 53.4 Å². The molecule has 0 saturated carbocycles. The van der Waals surface area contributed by atoms with E-state index in [9.17, 15) is 9.90 Å². The molecular weight excluding hydrogens is 416 g/mol. The van der Waals surface area contributed by atoms with E-state index in [1.165, 1.54) is 6.21 Å². The van der Waals surface area contributed by atoms with Crippen LogP contribution in [0, 0.1) is 0 Å². The topological polar surface area (TPSA) is 80.2 Å². The van der Waals surface area contributed by atoms with Gasteiger partial charge in [-0.15, -0.1) is 0 Å². The first-order valence-electron chi connectivity index (χ1n) is 9.58. The molecule has 31 heavy (non-hydrogen) atoms. The zero-order chi connectivity index (χ0) is 22.2. The number of halogens is 1. The number of ether oxygens (including phenoxy) is 2. The summed E-state index contributed by atoms with van der Waals surface area (Å²) in [6.07, 6.45) is 2.15. The highest BCUT2D eigenvalue weighted by molar-refractivity contribution is 6.31. The van der Waals surface area contributed by atoms with Gasteiger partial charge in [0.2, 0.25) is 5.91 Å². The standard InChI is InChI=1S/C24H23ClN2O4/c1-30-22-10-8-17(13-23(22)31-2)14-24(29)27-26-15-19-12-16(7-9-21(19)28)11-18-5-3-4-6-20(18)25/h3-10,12-13,15,28H,11,14H2,1-2H3,(H,27,29)/b26-15-.